The van der Waals surface area contributed by atoms with Crippen molar-refractivity contribution in [2.75, 3.05) is 20.3 Å². The van der Waals surface area contributed by atoms with Crippen molar-refractivity contribution in [2.24, 2.45) is 0 Å². The number of halogens is 1. The molecule has 4 heteroatoms. The second kappa shape index (κ2) is 6.28. The van der Waals surface area contributed by atoms with Gasteiger partial charge >= 0.3 is 0 Å². The van der Waals surface area contributed by atoms with Crippen molar-refractivity contribution < 1.29 is 9.47 Å². The van der Waals surface area contributed by atoms with Gasteiger partial charge in [-0.2, -0.15) is 5.26 Å². The maximum absolute atomic E-state index is 8.63. The van der Waals surface area contributed by atoms with Crippen molar-refractivity contribution in [1.82, 2.24) is 0 Å². The summed E-state index contributed by atoms with van der Waals surface area (Å²) < 4.78 is 10.3. The number of benzene rings is 1. The van der Waals surface area contributed by atoms with E-state index in [9.17, 15) is 0 Å². The molecule has 0 aromatic heterocycles. The first-order valence-electron chi connectivity index (χ1n) is 4.59. The topological polar surface area (TPSA) is 42.2 Å². The zero-order valence-corrected chi connectivity index (χ0v) is 9.25. The summed E-state index contributed by atoms with van der Waals surface area (Å²) in [7, 11) is 1.65. The Morgan fingerprint density at radius 3 is 2.80 bits per heavy atom. The van der Waals surface area contributed by atoms with Crippen molar-refractivity contribution in [1.29, 1.82) is 5.26 Å². The van der Waals surface area contributed by atoms with Gasteiger partial charge in [-0.3, -0.25) is 0 Å². The summed E-state index contributed by atoms with van der Waals surface area (Å²) in [6.45, 7) is 1.22. The van der Waals surface area contributed by atoms with Gasteiger partial charge in [-0.25, -0.2) is 0 Å². The Labute approximate surface area is 94.2 Å². The van der Waals surface area contributed by atoms with Crippen LogP contribution in [0, 0.1) is 11.3 Å². The molecule has 0 aliphatic heterocycles. The van der Waals surface area contributed by atoms with Gasteiger partial charge in [0.25, 0.3) is 0 Å². The average Bonchev–Trinajstić information content (AvgIpc) is 2.26. The first-order chi connectivity index (χ1) is 7.27. The van der Waals surface area contributed by atoms with Crippen LogP contribution in [-0.2, 0) is 4.74 Å². The highest BCUT2D eigenvalue weighted by atomic mass is 35.5. The Kier molecular flexibility index (Phi) is 4.96. The monoisotopic (exact) mass is 225 g/mol. The molecule has 0 amide bonds. The Hall–Kier alpha value is -1.24. The standard InChI is InChI=1S/C11H12ClNO2/c1-14-5-2-6-15-11-4-3-9(8-13)7-10(11)12/h3-4,7H,2,5-6H2,1H3. The molecular weight excluding hydrogens is 214 g/mol. The Balaban J connectivity index is 2.52. The van der Waals surface area contributed by atoms with E-state index in [-0.39, 0.29) is 0 Å². The predicted molar refractivity (Wildman–Crippen MR) is 58.2 cm³/mol. The van der Waals surface area contributed by atoms with Gasteiger partial charge in [-0.15, -0.1) is 0 Å². The van der Waals surface area contributed by atoms with E-state index in [0.29, 0.717) is 29.5 Å². The summed E-state index contributed by atoms with van der Waals surface area (Å²) in [5.74, 6) is 0.603. The second-order valence-electron chi connectivity index (χ2n) is 2.95. The Morgan fingerprint density at radius 1 is 1.40 bits per heavy atom. The molecule has 0 radical (unpaired) electrons. The van der Waals surface area contributed by atoms with E-state index in [0.717, 1.165) is 6.42 Å². The molecular formula is C11H12ClNO2. The lowest BCUT2D eigenvalue weighted by atomic mass is 10.2. The summed E-state index contributed by atoms with van der Waals surface area (Å²) in [6.07, 6.45) is 0.812. The summed E-state index contributed by atoms with van der Waals surface area (Å²) in [4.78, 5) is 0. The maximum Gasteiger partial charge on any atom is 0.137 e. The maximum atomic E-state index is 8.63. The van der Waals surface area contributed by atoms with E-state index in [1.54, 1.807) is 25.3 Å². The van der Waals surface area contributed by atoms with Crippen LogP contribution in [0.1, 0.15) is 12.0 Å². The lowest BCUT2D eigenvalue weighted by Gasteiger charge is -2.07. The second-order valence-corrected chi connectivity index (χ2v) is 3.36. The highest BCUT2D eigenvalue weighted by molar-refractivity contribution is 6.32. The normalized spacial score (nSPS) is 9.67. The third-order valence-corrected chi connectivity index (χ3v) is 2.11. The molecule has 0 spiro atoms. The van der Waals surface area contributed by atoms with Crippen molar-refractivity contribution in [3.05, 3.63) is 28.8 Å². The van der Waals surface area contributed by atoms with Crippen LogP contribution in [0.5, 0.6) is 5.75 Å². The van der Waals surface area contributed by atoms with Crippen molar-refractivity contribution >= 4 is 11.6 Å². The number of hydrogen-bond acceptors (Lipinski definition) is 3. The molecule has 0 atom stereocenters. The van der Waals surface area contributed by atoms with E-state index in [1.807, 2.05) is 6.07 Å². The van der Waals surface area contributed by atoms with Crippen LogP contribution < -0.4 is 4.74 Å². The van der Waals surface area contributed by atoms with Gasteiger partial charge < -0.3 is 9.47 Å². The highest BCUT2D eigenvalue weighted by Gasteiger charge is 2.02. The molecule has 0 saturated carbocycles. The number of rotatable bonds is 5. The van der Waals surface area contributed by atoms with Crippen molar-refractivity contribution in [2.45, 2.75) is 6.42 Å². The van der Waals surface area contributed by atoms with E-state index in [4.69, 9.17) is 26.3 Å². The molecule has 1 aromatic rings. The minimum absolute atomic E-state index is 0.464. The lowest BCUT2D eigenvalue weighted by molar-refractivity contribution is 0.172. The fourth-order valence-electron chi connectivity index (χ4n) is 1.07. The zero-order valence-electron chi connectivity index (χ0n) is 8.50. The van der Waals surface area contributed by atoms with Crippen LogP contribution >= 0.6 is 11.6 Å². The molecule has 0 heterocycles. The van der Waals surface area contributed by atoms with E-state index in [2.05, 4.69) is 0 Å². The zero-order chi connectivity index (χ0) is 11.1. The quantitative estimate of drug-likeness (QED) is 0.724. The van der Waals surface area contributed by atoms with Gasteiger partial charge in [0.2, 0.25) is 0 Å². The number of nitrogens with zero attached hydrogens (tertiary/aromatic N) is 1. The van der Waals surface area contributed by atoms with E-state index < -0.39 is 0 Å². The fraction of sp³-hybridized carbons (Fsp3) is 0.364. The van der Waals surface area contributed by atoms with Gasteiger partial charge in [-0.1, -0.05) is 11.6 Å². The lowest BCUT2D eigenvalue weighted by Crippen LogP contribution is -2.01. The van der Waals surface area contributed by atoms with Crippen LogP contribution in [0.2, 0.25) is 5.02 Å². The molecule has 1 aromatic carbocycles. The third kappa shape index (κ3) is 3.78. The number of nitriles is 1. The summed E-state index contributed by atoms with van der Waals surface area (Å²) in [5.41, 5.74) is 0.532. The smallest absolute Gasteiger partial charge is 0.137 e. The average molecular weight is 226 g/mol. The molecule has 0 aliphatic rings. The first-order valence-corrected chi connectivity index (χ1v) is 4.97. The molecule has 15 heavy (non-hydrogen) atoms. The SMILES string of the molecule is COCCCOc1ccc(C#N)cc1Cl. The van der Waals surface area contributed by atoms with E-state index in [1.165, 1.54) is 0 Å². The molecule has 1 rings (SSSR count). The summed E-state index contributed by atoms with van der Waals surface area (Å²) in [5, 5.41) is 9.10. The van der Waals surface area contributed by atoms with Crippen LogP contribution in [0.4, 0.5) is 0 Å². The molecule has 0 unspecified atom stereocenters. The first kappa shape index (κ1) is 11.8. The van der Waals surface area contributed by atoms with Gasteiger partial charge in [0, 0.05) is 20.1 Å². The number of hydrogen-bond donors (Lipinski definition) is 0. The van der Waals surface area contributed by atoms with Gasteiger partial charge in [0.1, 0.15) is 5.75 Å². The molecule has 0 bridgehead atoms. The largest absolute Gasteiger partial charge is 0.492 e. The van der Waals surface area contributed by atoms with Crippen molar-refractivity contribution in [3.8, 4) is 11.8 Å². The molecule has 3 nitrogen and oxygen atoms in total. The summed E-state index contributed by atoms with van der Waals surface area (Å²) in [6, 6.07) is 6.98. The fourth-order valence-corrected chi connectivity index (χ4v) is 1.31. The molecule has 0 saturated heterocycles. The van der Waals surface area contributed by atoms with Crippen LogP contribution in [0.3, 0.4) is 0 Å². The number of ether oxygens (including phenoxy) is 2. The molecule has 0 fully saturated rings. The molecule has 0 N–H and O–H groups in total. The van der Waals surface area contributed by atoms with Crippen molar-refractivity contribution in [3.63, 3.8) is 0 Å². The van der Waals surface area contributed by atoms with Gasteiger partial charge in [0.05, 0.1) is 23.3 Å². The highest BCUT2D eigenvalue weighted by Crippen LogP contribution is 2.25. The van der Waals surface area contributed by atoms with Crippen LogP contribution in [0.15, 0.2) is 18.2 Å². The predicted octanol–water partition coefficient (Wildman–Crippen LogP) is 2.63. The minimum atomic E-state index is 0.464. The number of methoxy groups -OCH3 is 1. The minimum Gasteiger partial charge on any atom is -0.492 e. The van der Waals surface area contributed by atoms with Gasteiger partial charge in [0.15, 0.2) is 0 Å². The Morgan fingerprint density at radius 2 is 2.20 bits per heavy atom. The Bertz CT molecular complexity index is 360. The molecule has 0 aliphatic carbocycles. The van der Waals surface area contributed by atoms with E-state index >= 15 is 0 Å². The summed E-state index contributed by atoms with van der Waals surface area (Å²) >= 11 is 5.91. The third-order valence-electron chi connectivity index (χ3n) is 1.81. The molecule has 80 valence electrons. The van der Waals surface area contributed by atoms with Crippen LogP contribution in [-0.4, -0.2) is 20.3 Å². The van der Waals surface area contributed by atoms with Crippen LogP contribution in [0.25, 0.3) is 0 Å². The van der Waals surface area contributed by atoms with Gasteiger partial charge in [-0.05, 0) is 18.2 Å².